The van der Waals surface area contributed by atoms with Gasteiger partial charge in [-0.2, -0.15) is 0 Å². The predicted octanol–water partition coefficient (Wildman–Crippen LogP) is 4.61. The number of nitrogens with one attached hydrogen (secondary N) is 1. The summed E-state index contributed by atoms with van der Waals surface area (Å²) in [6.45, 7) is 11.3. The Balaban J connectivity index is 1.42. The van der Waals surface area contributed by atoms with E-state index >= 15 is 0 Å². The third-order valence-corrected chi connectivity index (χ3v) is 9.90. The Labute approximate surface area is 235 Å². The molecule has 3 N–H and O–H groups in total. The van der Waals surface area contributed by atoms with Crippen LogP contribution in [0.2, 0.25) is 0 Å². The maximum absolute atomic E-state index is 12.5. The molecule has 214 valence electrons. The van der Waals surface area contributed by atoms with Crippen LogP contribution in [-0.4, -0.2) is 52.5 Å². The van der Waals surface area contributed by atoms with E-state index in [4.69, 9.17) is 20.2 Å². The molecule has 3 aromatic heterocycles. The Morgan fingerprint density at radius 1 is 1.15 bits per heavy atom. The Morgan fingerprint density at radius 2 is 1.88 bits per heavy atom. The maximum Gasteiger partial charge on any atom is 0.340 e. The third kappa shape index (κ3) is 5.49. The minimum absolute atomic E-state index is 0.0879. The van der Waals surface area contributed by atoms with Gasteiger partial charge in [-0.25, -0.2) is 28.2 Å². The molecule has 0 unspecified atom stereocenters. The van der Waals surface area contributed by atoms with Crippen LogP contribution in [0.15, 0.2) is 30.6 Å². The molecule has 1 saturated carbocycles. The monoisotopic (exact) mass is 567 g/mol. The summed E-state index contributed by atoms with van der Waals surface area (Å²) in [6.07, 6.45) is 4.68. The fraction of sp³-hybridized carbons (Fsp3) is 0.517. The molecule has 1 aliphatic carbocycles. The van der Waals surface area contributed by atoms with Crippen molar-refractivity contribution in [1.82, 2.24) is 15.0 Å². The number of carbonyl (C=O) groups excluding carboxylic acids is 1. The minimum Gasteiger partial charge on any atom is -0.474 e. The summed E-state index contributed by atoms with van der Waals surface area (Å²) < 4.78 is 35.7. The Kier molecular flexibility index (Phi) is 7.02. The Morgan fingerprint density at radius 3 is 2.55 bits per heavy atom. The molecule has 40 heavy (non-hydrogen) atoms. The first-order valence-electron chi connectivity index (χ1n) is 13.6. The molecule has 0 bridgehead atoms. The number of aromatic nitrogens is 3. The van der Waals surface area contributed by atoms with E-state index in [2.05, 4.69) is 15.3 Å². The first-order valence-corrected chi connectivity index (χ1v) is 15.5. The van der Waals surface area contributed by atoms with Crippen LogP contribution in [0.1, 0.15) is 81.9 Å². The number of sulfone groups is 1. The van der Waals surface area contributed by atoms with E-state index in [1.807, 2.05) is 40.7 Å². The van der Waals surface area contributed by atoms with Gasteiger partial charge in [0.2, 0.25) is 5.88 Å². The summed E-state index contributed by atoms with van der Waals surface area (Å²) in [5.41, 5.74) is 7.14. The number of fused-ring (bicyclic) bond motifs is 2. The number of anilines is 2. The van der Waals surface area contributed by atoms with Gasteiger partial charge < -0.3 is 20.5 Å². The number of ether oxygens (including phenoxy) is 2. The van der Waals surface area contributed by atoms with Crippen molar-refractivity contribution in [2.45, 2.75) is 77.5 Å². The van der Waals surface area contributed by atoms with Gasteiger partial charge in [-0.15, -0.1) is 0 Å². The lowest BCUT2D eigenvalue weighted by molar-refractivity contribution is -0.0189. The molecule has 1 fully saturated rings. The zero-order valence-electron chi connectivity index (χ0n) is 23.8. The van der Waals surface area contributed by atoms with E-state index in [0.29, 0.717) is 41.6 Å². The highest BCUT2D eigenvalue weighted by Gasteiger charge is 2.40. The molecule has 0 aromatic carbocycles. The standard InChI is InChI=1S/C29H37N5O5S/c1-7-40(36,37)15-17-10-18(11-17)38-26-21-13-31-24(12-20(21)22(14-32-26)28(3,4)30)33-23-9-8-19-25(34-23)16(2)29(5,6)39-27(19)35/h8-9,12-14,16-18H,7,10-11,15,30H2,1-6H3,(H,31,33,34)/t16-,17-,18+/m1/s1. The van der Waals surface area contributed by atoms with Gasteiger partial charge in [0, 0.05) is 29.6 Å². The van der Waals surface area contributed by atoms with Gasteiger partial charge in [0.25, 0.3) is 0 Å². The van der Waals surface area contributed by atoms with Crippen LogP contribution in [0.25, 0.3) is 10.8 Å². The predicted molar refractivity (Wildman–Crippen MR) is 154 cm³/mol. The summed E-state index contributed by atoms with van der Waals surface area (Å²) in [7, 11) is -3.01. The van der Waals surface area contributed by atoms with Crippen molar-refractivity contribution in [3.05, 3.63) is 47.4 Å². The van der Waals surface area contributed by atoms with Gasteiger partial charge in [0.1, 0.15) is 33.2 Å². The molecule has 0 saturated heterocycles. The number of nitrogens with zero attached hydrogens (tertiary/aromatic N) is 3. The van der Waals surface area contributed by atoms with E-state index in [0.717, 1.165) is 16.3 Å². The molecule has 0 radical (unpaired) electrons. The number of esters is 1. The van der Waals surface area contributed by atoms with Crippen molar-refractivity contribution in [2.75, 3.05) is 16.8 Å². The number of rotatable bonds is 8. The number of hydrogen-bond acceptors (Lipinski definition) is 10. The number of hydrogen-bond donors (Lipinski definition) is 2. The molecular formula is C29H37N5O5S. The number of nitrogens with two attached hydrogens (primary N) is 1. The molecule has 0 amide bonds. The summed E-state index contributed by atoms with van der Waals surface area (Å²) in [5, 5.41) is 4.84. The molecule has 4 heterocycles. The normalized spacial score (nSPS) is 22.3. The fourth-order valence-corrected chi connectivity index (χ4v) is 6.44. The number of cyclic esters (lactones) is 1. The third-order valence-electron chi connectivity index (χ3n) is 8.04. The highest BCUT2D eigenvalue weighted by atomic mass is 32.2. The van der Waals surface area contributed by atoms with E-state index in [1.165, 1.54) is 0 Å². The second-order valence-corrected chi connectivity index (χ2v) is 14.5. The summed E-state index contributed by atoms with van der Waals surface area (Å²) in [5.74, 6) is 1.57. The van der Waals surface area contributed by atoms with Gasteiger partial charge in [-0.1, -0.05) is 13.8 Å². The summed E-state index contributed by atoms with van der Waals surface area (Å²) in [6, 6.07) is 5.35. The Hall–Kier alpha value is -3.31. The van der Waals surface area contributed by atoms with Crippen LogP contribution in [0.5, 0.6) is 5.88 Å². The molecule has 5 rings (SSSR count). The van der Waals surface area contributed by atoms with Crippen LogP contribution in [-0.2, 0) is 20.1 Å². The van der Waals surface area contributed by atoms with Gasteiger partial charge in [0.15, 0.2) is 0 Å². The highest BCUT2D eigenvalue weighted by molar-refractivity contribution is 7.91. The van der Waals surface area contributed by atoms with Crippen molar-refractivity contribution in [3.63, 3.8) is 0 Å². The van der Waals surface area contributed by atoms with Gasteiger partial charge in [0.05, 0.1) is 22.4 Å². The second kappa shape index (κ2) is 9.95. The van der Waals surface area contributed by atoms with E-state index < -0.39 is 21.0 Å². The fourth-order valence-electron chi connectivity index (χ4n) is 5.22. The van der Waals surface area contributed by atoms with Crippen LogP contribution in [0.3, 0.4) is 0 Å². The van der Waals surface area contributed by atoms with E-state index in [1.54, 1.807) is 31.5 Å². The van der Waals surface area contributed by atoms with Gasteiger partial charge in [-0.05, 0) is 75.6 Å². The molecule has 1 aliphatic heterocycles. The van der Waals surface area contributed by atoms with Crippen LogP contribution in [0.4, 0.5) is 11.6 Å². The largest absolute Gasteiger partial charge is 0.474 e. The molecule has 3 aromatic rings. The quantitative estimate of drug-likeness (QED) is 0.370. The topological polar surface area (TPSA) is 146 Å². The summed E-state index contributed by atoms with van der Waals surface area (Å²) >= 11 is 0. The average molecular weight is 568 g/mol. The molecular weight excluding hydrogens is 530 g/mol. The van der Waals surface area contributed by atoms with Crippen molar-refractivity contribution in [2.24, 2.45) is 11.7 Å². The first-order chi connectivity index (χ1) is 18.7. The first kappa shape index (κ1) is 28.2. The highest BCUT2D eigenvalue weighted by Crippen LogP contribution is 2.39. The lowest BCUT2D eigenvalue weighted by atomic mass is 9.84. The van der Waals surface area contributed by atoms with Gasteiger partial charge in [-0.3, -0.25) is 0 Å². The smallest absolute Gasteiger partial charge is 0.340 e. The summed E-state index contributed by atoms with van der Waals surface area (Å²) in [4.78, 5) is 26.4. The SMILES string of the molecule is CCS(=O)(=O)C[C@H]1C[C@@H](Oc2ncc(C(C)(C)N)c3cc(Nc4ccc5c(n4)[C@@H](C)C(C)(C)OC5=O)ncc23)C1. The maximum atomic E-state index is 12.5. The van der Waals surface area contributed by atoms with Crippen molar-refractivity contribution >= 4 is 38.2 Å². The zero-order chi connectivity index (χ0) is 29.0. The van der Waals surface area contributed by atoms with E-state index in [9.17, 15) is 13.2 Å². The lowest BCUT2D eigenvalue weighted by Gasteiger charge is -2.36. The van der Waals surface area contributed by atoms with Crippen LogP contribution in [0, 0.1) is 5.92 Å². The van der Waals surface area contributed by atoms with Gasteiger partial charge >= 0.3 is 5.97 Å². The molecule has 10 nitrogen and oxygen atoms in total. The molecule has 0 spiro atoms. The second-order valence-electron chi connectivity index (χ2n) is 12.1. The minimum atomic E-state index is -3.01. The number of carbonyl (C=O) groups is 1. The zero-order valence-corrected chi connectivity index (χ0v) is 24.6. The van der Waals surface area contributed by atoms with Crippen LogP contribution < -0.4 is 15.8 Å². The van der Waals surface area contributed by atoms with Crippen molar-refractivity contribution in [1.29, 1.82) is 0 Å². The van der Waals surface area contributed by atoms with Crippen molar-refractivity contribution < 1.29 is 22.7 Å². The number of pyridine rings is 3. The van der Waals surface area contributed by atoms with Crippen LogP contribution >= 0.6 is 0 Å². The van der Waals surface area contributed by atoms with E-state index in [-0.39, 0.29) is 35.4 Å². The molecule has 2 aliphatic rings. The lowest BCUT2D eigenvalue weighted by Crippen LogP contribution is -2.39. The molecule has 1 atom stereocenters. The Bertz CT molecular complexity index is 1580. The van der Waals surface area contributed by atoms with Crippen molar-refractivity contribution in [3.8, 4) is 5.88 Å². The average Bonchev–Trinajstić information content (AvgIpc) is 2.85. The molecule has 11 heteroatoms.